The van der Waals surface area contributed by atoms with Crippen LogP contribution in [0, 0.1) is 13.8 Å². The summed E-state index contributed by atoms with van der Waals surface area (Å²) in [5.41, 5.74) is 1.44. The van der Waals surface area contributed by atoms with Gasteiger partial charge in [-0.15, -0.1) is 0 Å². The Hall–Kier alpha value is -3.89. The zero-order chi connectivity index (χ0) is 23.7. The largest absolute Gasteiger partial charge is 0.467 e. The fourth-order valence-electron chi connectivity index (χ4n) is 3.86. The first kappa shape index (κ1) is 22.3. The van der Waals surface area contributed by atoms with E-state index in [9.17, 15) is 14.4 Å². The maximum Gasteiger partial charge on any atom is 0.333 e. The molecular formula is C22H27N7O4. The fourth-order valence-corrected chi connectivity index (χ4v) is 3.86. The topological polar surface area (TPSA) is 122 Å². The summed E-state index contributed by atoms with van der Waals surface area (Å²) in [5.74, 6) is 0.165. The number of furan rings is 1. The van der Waals surface area contributed by atoms with Crippen molar-refractivity contribution < 1.29 is 9.21 Å². The molecule has 0 fully saturated rings. The van der Waals surface area contributed by atoms with Gasteiger partial charge in [-0.2, -0.15) is 5.10 Å². The molecule has 1 N–H and O–H groups in total. The monoisotopic (exact) mass is 453 g/mol. The molecule has 0 unspecified atom stereocenters. The van der Waals surface area contributed by atoms with E-state index in [0.29, 0.717) is 29.3 Å². The number of aromatic nitrogens is 6. The normalized spacial score (nSPS) is 11.4. The van der Waals surface area contributed by atoms with Gasteiger partial charge in [0.05, 0.1) is 36.2 Å². The predicted molar refractivity (Wildman–Crippen MR) is 122 cm³/mol. The third-order valence-electron chi connectivity index (χ3n) is 5.70. The molecule has 174 valence electrons. The maximum absolute atomic E-state index is 13.4. The Morgan fingerprint density at radius 3 is 2.64 bits per heavy atom. The van der Waals surface area contributed by atoms with Gasteiger partial charge in [0.15, 0.2) is 11.2 Å². The van der Waals surface area contributed by atoms with E-state index < -0.39 is 23.7 Å². The minimum Gasteiger partial charge on any atom is -0.467 e. The quantitative estimate of drug-likeness (QED) is 0.434. The summed E-state index contributed by atoms with van der Waals surface area (Å²) in [6.07, 6.45) is 4.67. The van der Waals surface area contributed by atoms with E-state index in [1.165, 1.54) is 10.9 Å². The minimum absolute atomic E-state index is 0.253. The molecule has 11 heteroatoms. The van der Waals surface area contributed by atoms with Gasteiger partial charge in [-0.1, -0.05) is 13.3 Å². The Morgan fingerprint density at radius 2 is 2.00 bits per heavy atom. The number of carbonyl (C=O) groups excluding carboxylic acids is 1. The van der Waals surface area contributed by atoms with Crippen molar-refractivity contribution in [3.63, 3.8) is 0 Å². The van der Waals surface area contributed by atoms with Crippen molar-refractivity contribution in [3.8, 4) is 0 Å². The van der Waals surface area contributed by atoms with E-state index in [-0.39, 0.29) is 12.1 Å². The molecule has 0 saturated carbocycles. The van der Waals surface area contributed by atoms with Crippen LogP contribution in [0.1, 0.15) is 36.9 Å². The van der Waals surface area contributed by atoms with Crippen LogP contribution >= 0.6 is 0 Å². The average Bonchev–Trinajstić information content (AvgIpc) is 3.49. The number of rotatable bonds is 8. The number of anilines is 1. The summed E-state index contributed by atoms with van der Waals surface area (Å²) in [6.45, 7) is 5.89. The number of imidazole rings is 1. The molecular weight excluding hydrogens is 426 g/mol. The molecule has 4 rings (SSSR count). The first-order valence-corrected chi connectivity index (χ1v) is 10.8. The van der Waals surface area contributed by atoms with E-state index in [2.05, 4.69) is 15.4 Å². The van der Waals surface area contributed by atoms with Gasteiger partial charge in [-0.05, 0) is 32.4 Å². The number of carbonyl (C=O) groups is 1. The van der Waals surface area contributed by atoms with E-state index in [4.69, 9.17) is 4.42 Å². The summed E-state index contributed by atoms with van der Waals surface area (Å²) in [4.78, 5) is 43.8. The highest BCUT2D eigenvalue weighted by Gasteiger charge is 2.21. The fraction of sp³-hybridized carbons (Fsp3) is 0.409. The van der Waals surface area contributed by atoms with E-state index in [0.717, 1.165) is 23.1 Å². The number of nitrogens with one attached hydrogen (secondary N) is 1. The molecule has 11 nitrogen and oxygen atoms in total. The lowest BCUT2D eigenvalue weighted by Gasteiger charge is -2.12. The molecule has 4 heterocycles. The number of fused-ring (bicyclic) bond motifs is 1. The third-order valence-corrected chi connectivity index (χ3v) is 5.70. The van der Waals surface area contributed by atoms with Crippen molar-refractivity contribution in [2.45, 2.75) is 53.2 Å². The maximum atomic E-state index is 13.4. The molecule has 0 aliphatic rings. The second-order valence-corrected chi connectivity index (χ2v) is 8.02. The molecule has 0 bridgehead atoms. The molecule has 0 radical (unpaired) electrons. The van der Waals surface area contributed by atoms with E-state index in [1.807, 2.05) is 13.8 Å². The Labute approximate surface area is 189 Å². The summed E-state index contributed by atoms with van der Waals surface area (Å²) >= 11 is 0. The van der Waals surface area contributed by atoms with Crippen LogP contribution in [0.25, 0.3) is 11.2 Å². The number of aryl methyl sites for hydroxylation is 3. The van der Waals surface area contributed by atoms with Crippen LogP contribution in [0.2, 0.25) is 0 Å². The highest BCUT2D eigenvalue weighted by Crippen LogP contribution is 2.18. The predicted octanol–water partition coefficient (Wildman–Crippen LogP) is 1.79. The molecule has 1 amide bonds. The van der Waals surface area contributed by atoms with Gasteiger partial charge in [-0.3, -0.25) is 18.8 Å². The summed E-state index contributed by atoms with van der Waals surface area (Å²) in [5, 5.41) is 7.07. The number of hydrogen-bond donors (Lipinski definition) is 1. The molecule has 4 aromatic rings. The van der Waals surface area contributed by atoms with Gasteiger partial charge >= 0.3 is 5.69 Å². The molecule has 4 aromatic heterocycles. The highest BCUT2D eigenvalue weighted by molar-refractivity contribution is 5.91. The van der Waals surface area contributed by atoms with Crippen LogP contribution in [0.5, 0.6) is 0 Å². The smallest absolute Gasteiger partial charge is 0.333 e. The first-order valence-electron chi connectivity index (χ1n) is 10.8. The van der Waals surface area contributed by atoms with Gasteiger partial charge in [0, 0.05) is 13.6 Å². The van der Waals surface area contributed by atoms with Crippen LogP contribution in [0.15, 0.2) is 38.7 Å². The highest BCUT2D eigenvalue weighted by atomic mass is 16.3. The van der Waals surface area contributed by atoms with Crippen LogP contribution in [-0.4, -0.2) is 34.4 Å². The summed E-state index contributed by atoms with van der Waals surface area (Å²) in [6, 6.07) is 3.56. The second-order valence-electron chi connectivity index (χ2n) is 8.02. The standard InChI is InChI=1S/C22H27N7O4/c1-5-6-9-28-20-19(27(13-23-20)11-16-8-7-10-33-16)21(31)29(22(28)32)12-17(30)24-18-14(2)25-26(4)15(18)3/h7-8,10,13H,5-6,9,11-12H2,1-4H3,(H,24,30). The zero-order valence-corrected chi connectivity index (χ0v) is 19.2. The molecule has 33 heavy (non-hydrogen) atoms. The summed E-state index contributed by atoms with van der Waals surface area (Å²) in [7, 11) is 1.78. The van der Waals surface area contributed by atoms with Gasteiger partial charge in [-0.25, -0.2) is 14.3 Å². The van der Waals surface area contributed by atoms with Gasteiger partial charge in [0.1, 0.15) is 12.3 Å². The molecule has 0 atom stereocenters. The number of hydrogen-bond acceptors (Lipinski definition) is 6. The Bertz CT molecular complexity index is 1420. The van der Waals surface area contributed by atoms with Crippen molar-refractivity contribution in [3.05, 3.63) is 62.7 Å². The van der Waals surface area contributed by atoms with Gasteiger partial charge in [0.25, 0.3) is 5.56 Å². The Kier molecular flexibility index (Phi) is 6.03. The molecule has 0 aliphatic heterocycles. The average molecular weight is 454 g/mol. The van der Waals surface area contributed by atoms with Gasteiger partial charge in [0.2, 0.25) is 5.91 Å². The van der Waals surface area contributed by atoms with Crippen molar-refractivity contribution in [2.24, 2.45) is 7.05 Å². The van der Waals surface area contributed by atoms with E-state index in [1.54, 1.807) is 41.6 Å². The van der Waals surface area contributed by atoms with Crippen LogP contribution in [-0.2, 0) is 31.5 Å². The first-order chi connectivity index (χ1) is 15.8. The van der Waals surface area contributed by atoms with Crippen molar-refractivity contribution >= 4 is 22.8 Å². The van der Waals surface area contributed by atoms with Crippen molar-refractivity contribution in [1.82, 2.24) is 28.5 Å². The molecule has 0 aliphatic carbocycles. The lowest BCUT2D eigenvalue weighted by molar-refractivity contribution is -0.116. The number of amides is 1. The van der Waals surface area contributed by atoms with Crippen molar-refractivity contribution in [1.29, 1.82) is 0 Å². The zero-order valence-electron chi connectivity index (χ0n) is 19.2. The van der Waals surface area contributed by atoms with Gasteiger partial charge < -0.3 is 14.3 Å². The Balaban J connectivity index is 1.77. The molecule has 0 saturated heterocycles. The molecule has 0 aromatic carbocycles. The van der Waals surface area contributed by atoms with Crippen molar-refractivity contribution in [2.75, 3.05) is 5.32 Å². The number of nitrogens with zero attached hydrogens (tertiary/aromatic N) is 6. The lowest BCUT2D eigenvalue weighted by Crippen LogP contribution is -2.43. The SMILES string of the molecule is CCCCn1c(=O)n(CC(=O)Nc2c(C)nn(C)c2C)c(=O)c2c1ncn2Cc1ccco1. The summed E-state index contributed by atoms with van der Waals surface area (Å²) < 4.78 is 11.1. The van der Waals surface area contributed by atoms with Crippen LogP contribution < -0.4 is 16.6 Å². The number of unbranched alkanes of at least 4 members (excludes halogenated alkanes) is 1. The minimum atomic E-state index is -0.568. The molecule has 0 spiro atoms. The third kappa shape index (κ3) is 4.13. The van der Waals surface area contributed by atoms with Crippen LogP contribution in [0.3, 0.4) is 0 Å². The Morgan fingerprint density at radius 1 is 1.21 bits per heavy atom. The lowest BCUT2D eigenvalue weighted by atomic mass is 10.3. The van der Waals surface area contributed by atoms with Crippen LogP contribution in [0.4, 0.5) is 5.69 Å². The second kappa shape index (κ2) is 8.93. The van der Waals surface area contributed by atoms with E-state index >= 15 is 0 Å².